The predicted octanol–water partition coefficient (Wildman–Crippen LogP) is 2.28. The second kappa shape index (κ2) is 3.48. The van der Waals surface area contributed by atoms with E-state index in [1.54, 1.807) is 0 Å². The number of carboxylic acids is 1. The Morgan fingerprint density at radius 3 is 2.20 bits per heavy atom. The fourth-order valence-electron chi connectivity index (χ4n) is 0.900. The average molecular weight is 226 g/mol. The maximum Gasteiger partial charge on any atom is 0.379 e. The van der Waals surface area contributed by atoms with Crippen molar-refractivity contribution in [3.05, 3.63) is 35.1 Å². The normalized spacial score (nSPS) is 11.5. The summed E-state index contributed by atoms with van der Waals surface area (Å²) in [6.45, 7) is 0. The van der Waals surface area contributed by atoms with Crippen molar-refractivity contribution in [2.24, 2.45) is 0 Å². The summed E-state index contributed by atoms with van der Waals surface area (Å²) in [4.78, 5) is 10.0. The first kappa shape index (κ1) is 11.4. The third kappa shape index (κ3) is 1.90. The molecule has 7 heteroatoms. The zero-order chi connectivity index (χ0) is 11.8. The molecule has 0 aromatic heterocycles. The van der Waals surface area contributed by atoms with Crippen molar-refractivity contribution in [3.8, 4) is 0 Å². The summed E-state index contributed by atoms with van der Waals surface area (Å²) in [7, 11) is 0. The van der Waals surface area contributed by atoms with Crippen molar-refractivity contribution in [1.82, 2.24) is 0 Å². The van der Waals surface area contributed by atoms with E-state index in [1.165, 1.54) is 0 Å². The van der Waals surface area contributed by atoms with Gasteiger partial charge >= 0.3 is 11.9 Å². The molecule has 0 amide bonds. The number of rotatable bonds is 2. The topological polar surface area (TPSA) is 37.3 Å². The summed E-state index contributed by atoms with van der Waals surface area (Å²) in [5, 5.41) is 8.04. The van der Waals surface area contributed by atoms with Gasteiger partial charge in [-0.2, -0.15) is 8.78 Å². The largest absolute Gasteiger partial charge is 0.477 e. The van der Waals surface area contributed by atoms with Crippen LogP contribution in [-0.2, 0) is 10.7 Å². The Balaban J connectivity index is 3.43. The van der Waals surface area contributed by atoms with Crippen LogP contribution >= 0.6 is 0 Å². The highest BCUT2D eigenvalue weighted by atomic mass is 19.3. The van der Waals surface area contributed by atoms with Crippen molar-refractivity contribution in [3.63, 3.8) is 0 Å². The molecule has 1 aromatic carbocycles. The molecule has 0 spiro atoms. The molecule has 2 nitrogen and oxygen atoms in total. The highest BCUT2D eigenvalue weighted by Crippen LogP contribution is 2.31. The van der Waals surface area contributed by atoms with Gasteiger partial charge < -0.3 is 5.11 Å². The molecule has 0 aliphatic heterocycles. The minimum Gasteiger partial charge on any atom is -0.477 e. The number of alkyl halides is 2. The Hall–Kier alpha value is -1.66. The summed E-state index contributed by atoms with van der Waals surface area (Å²) in [5.74, 6) is -12.8. The molecule has 0 saturated heterocycles. The summed E-state index contributed by atoms with van der Waals surface area (Å²) in [6, 6.07) is -0.0245. The van der Waals surface area contributed by atoms with Gasteiger partial charge in [-0.3, -0.25) is 0 Å². The van der Waals surface area contributed by atoms with Crippen LogP contribution in [-0.4, -0.2) is 11.1 Å². The Kier molecular flexibility index (Phi) is 2.65. The van der Waals surface area contributed by atoms with E-state index < -0.39 is 34.9 Å². The molecule has 1 rings (SSSR count). The molecule has 0 fully saturated rings. The summed E-state index contributed by atoms with van der Waals surface area (Å²) < 4.78 is 63.2. The molecular formula is C8H3F5O2. The zero-order valence-electron chi connectivity index (χ0n) is 6.90. The van der Waals surface area contributed by atoms with Crippen LogP contribution in [0, 0.1) is 17.5 Å². The molecule has 0 unspecified atom stereocenters. The van der Waals surface area contributed by atoms with Gasteiger partial charge in [0.25, 0.3) is 0 Å². The lowest BCUT2D eigenvalue weighted by Gasteiger charge is -2.12. The predicted molar refractivity (Wildman–Crippen MR) is 37.8 cm³/mol. The van der Waals surface area contributed by atoms with Crippen LogP contribution < -0.4 is 0 Å². The van der Waals surface area contributed by atoms with Crippen LogP contribution in [0.3, 0.4) is 0 Å². The minimum atomic E-state index is -4.67. The van der Waals surface area contributed by atoms with Gasteiger partial charge in [0.1, 0.15) is 5.82 Å². The summed E-state index contributed by atoms with van der Waals surface area (Å²) >= 11 is 0. The van der Waals surface area contributed by atoms with Gasteiger partial charge in [-0.25, -0.2) is 18.0 Å². The van der Waals surface area contributed by atoms with E-state index in [2.05, 4.69) is 0 Å². The molecule has 0 heterocycles. The standard InChI is InChI=1S/C8H3F5O2/c9-3-1-4(6(11)5(10)2-3)8(12,13)7(14)15/h1-2H,(H,14,15). The van der Waals surface area contributed by atoms with E-state index in [0.29, 0.717) is 0 Å². The van der Waals surface area contributed by atoms with E-state index in [-0.39, 0.29) is 12.1 Å². The minimum absolute atomic E-state index is 0.0385. The van der Waals surface area contributed by atoms with Crippen LogP contribution in [0.25, 0.3) is 0 Å². The van der Waals surface area contributed by atoms with Gasteiger partial charge in [0, 0.05) is 6.07 Å². The number of benzene rings is 1. The van der Waals surface area contributed by atoms with Gasteiger partial charge in [0.2, 0.25) is 0 Å². The molecule has 0 aliphatic carbocycles. The molecule has 0 saturated carbocycles. The molecule has 1 N–H and O–H groups in total. The van der Waals surface area contributed by atoms with Gasteiger partial charge in [-0.05, 0) is 6.07 Å². The summed E-state index contributed by atoms with van der Waals surface area (Å²) in [6.07, 6.45) is 0. The Bertz CT molecular complexity index is 416. The first-order valence-corrected chi connectivity index (χ1v) is 3.53. The highest BCUT2D eigenvalue weighted by Gasteiger charge is 2.44. The van der Waals surface area contributed by atoms with Crippen LogP contribution in [0.2, 0.25) is 0 Å². The Morgan fingerprint density at radius 1 is 1.20 bits per heavy atom. The van der Waals surface area contributed by atoms with E-state index >= 15 is 0 Å². The fourth-order valence-corrected chi connectivity index (χ4v) is 0.900. The Labute approximate surface area is 79.9 Å². The van der Waals surface area contributed by atoms with Gasteiger partial charge in [-0.1, -0.05) is 0 Å². The molecule has 0 aliphatic rings. The maximum absolute atomic E-state index is 12.8. The number of hydrogen-bond acceptors (Lipinski definition) is 1. The monoisotopic (exact) mass is 226 g/mol. The zero-order valence-corrected chi connectivity index (χ0v) is 6.90. The first-order valence-electron chi connectivity index (χ1n) is 3.53. The molecule has 15 heavy (non-hydrogen) atoms. The third-order valence-electron chi connectivity index (χ3n) is 1.60. The number of carboxylic acid groups (broad SMARTS) is 1. The quantitative estimate of drug-likeness (QED) is 0.620. The number of hydrogen-bond donors (Lipinski definition) is 1. The molecule has 1 aromatic rings. The number of carbonyl (C=O) groups is 1. The fraction of sp³-hybridized carbons (Fsp3) is 0.125. The first-order chi connectivity index (χ1) is 6.76. The van der Waals surface area contributed by atoms with Gasteiger partial charge in [0.05, 0.1) is 5.56 Å². The van der Waals surface area contributed by atoms with Crippen molar-refractivity contribution in [2.75, 3.05) is 0 Å². The van der Waals surface area contributed by atoms with Crippen molar-refractivity contribution in [1.29, 1.82) is 0 Å². The molecular weight excluding hydrogens is 223 g/mol. The van der Waals surface area contributed by atoms with E-state index in [9.17, 15) is 26.7 Å². The second-order valence-corrected chi connectivity index (χ2v) is 2.63. The lowest BCUT2D eigenvalue weighted by Crippen LogP contribution is -2.27. The smallest absolute Gasteiger partial charge is 0.379 e. The average Bonchev–Trinajstić information content (AvgIpc) is 2.10. The van der Waals surface area contributed by atoms with Crippen LogP contribution in [0.1, 0.15) is 5.56 Å². The highest BCUT2D eigenvalue weighted by molar-refractivity contribution is 5.77. The molecule has 0 atom stereocenters. The summed E-state index contributed by atoms with van der Waals surface area (Å²) in [5.41, 5.74) is -1.84. The van der Waals surface area contributed by atoms with Gasteiger partial charge in [-0.15, -0.1) is 0 Å². The van der Waals surface area contributed by atoms with Crippen molar-refractivity contribution in [2.45, 2.75) is 5.92 Å². The lowest BCUT2D eigenvalue weighted by atomic mass is 10.1. The van der Waals surface area contributed by atoms with Crippen LogP contribution in [0.4, 0.5) is 22.0 Å². The molecule has 0 radical (unpaired) electrons. The third-order valence-corrected chi connectivity index (χ3v) is 1.60. The molecule has 82 valence electrons. The van der Waals surface area contributed by atoms with Crippen molar-refractivity contribution < 1.29 is 31.9 Å². The van der Waals surface area contributed by atoms with E-state index in [1.807, 2.05) is 0 Å². The van der Waals surface area contributed by atoms with Crippen LogP contribution in [0.15, 0.2) is 12.1 Å². The lowest BCUT2D eigenvalue weighted by molar-refractivity contribution is -0.166. The second-order valence-electron chi connectivity index (χ2n) is 2.63. The van der Waals surface area contributed by atoms with E-state index in [0.717, 1.165) is 0 Å². The van der Waals surface area contributed by atoms with E-state index in [4.69, 9.17) is 5.11 Å². The van der Waals surface area contributed by atoms with Crippen LogP contribution in [0.5, 0.6) is 0 Å². The molecule has 0 bridgehead atoms. The maximum atomic E-state index is 12.8. The van der Waals surface area contributed by atoms with Gasteiger partial charge in [0.15, 0.2) is 11.6 Å². The SMILES string of the molecule is O=C(O)C(F)(F)c1cc(F)cc(F)c1F. The number of halogens is 5. The number of aliphatic carboxylic acids is 1. The Morgan fingerprint density at radius 2 is 1.73 bits per heavy atom. The van der Waals surface area contributed by atoms with Crippen molar-refractivity contribution >= 4 is 5.97 Å².